The van der Waals surface area contributed by atoms with E-state index in [9.17, 15) is 38.7 Å². The molecule has 0 radical (unpaired) electrons. The van der Waals surface area contributed by atoms with Gasteiger partial charge in [0.2, 0.25) is 23.6 Å². The first-order valence-electron chi connectivity index (χ1n) is 34.0. The van der Waals surface area contributed by atoms with E-state index in [4.69, 9.17) is 33.5 Å². The van der Waals surface area contributed by atoms with Crippen molar-refractivity contribution in [3.63, 3.8) is 0 Å². The molecule has 0 unspecified atom stereocenters. The minimum atomic E-state index is -1.22. The van der Waals surface area contributed by atoms with Crippen molar-refractivity contribution >= 4 is 55.2 Å². The SMILES string of the molecule is COC(=O)[C@H](CCC(C)(C)C)NC(=O)c1ccc(Oc2cccc(OCC(=O)NCCOC3CN(C(=O)COCc4cn(CC(=O)N(CCO)CCCn5nccc5C(=O)N[C@H](C(=O)Nc5ccc(-c6c(C)nn(COCC[Si](C)(C)C)c6C)cc5)C(C5CC5)C5CC5)nn4)C3)c2)nc1. The zero-order chi connectivity index (χ0) is 70.8. The molecule has 5 N–H and O–H groups in total. The highest BCUT2D eigenvalue weighted by atomic mass is 28.3. The molecule has 0 bridgehead atoms. The second kappa shape index (κ2) is 34.7. The smallest absolute Gasteiger partial charge is 0.328 e. The van der Waals surface area contributed by atoms with Crippen LogP contribution in [0.15, 0.2) is 85.3 Å². The molecule has 2 aromatic carbocycles. The van der Waals surface area contributed by atoms with Gasteiger partial charge in [-0.15, -0.1) is 5.10 Å². The summed E-state index contributed by atoms with van der Waals surface area (Å²) >= 11 is 0. The van der Waals surface area contributed by atoms with E-state index in [0.29, 0.717) is 80.4 Å². The lowest BCUT2D eigenvalue weighted by Gasteiger charge is -2.38. The van der Waals surface area contributed by atoms with Crippen molar-refractivity contribution in [2.75, 3.05) is 78.2 Å². The Morgan fingerprint density at radius 1 is 0.848 bits per heavy atom. The van der Waals surface area contributed by atoms with Crippen LogP contribution in [0.25, 0.3) is 11.1 Å². The lowest BCUT2D eigenvalue weighted by Crippen LogP contribution is -2.56. The number of rotatable bonds is 39. The number of nitrogens with zero attached hydrogens (tertiary/aromatic N) is 10. The number of carbonyl (C=O) groups is 7. The summed E-state index contributed by atoms with van der Waals surface area (Å²) in [4.78, 5) is 100. The Balaban J connectivity index is 0.644. The molecule has 2 aliphatic carbocycles. The molecule has 1 aliphatic heterocycles. The first-order valence-corrected chi connectivity index (χ1v) is 37.7. The molecule has 534 valence electrons. The van der Waals surface area contributed by atoms with Crippen LogP contribution in [0, 0.1) is 37.0 Å². The zero-order valence-electron chi connectivity index (χ0n) is 58.3. The van der Waals surface area contributed by atoms with Crippen LogP contribution in [-0.2, 0) is 69.3 Å². The molecule has 2 saturated carbocycles. The number of pyridine rings is 1. The molecule has 99 heavy (non-hydrogen) atoms. The van der Waals surface area contributed by atoms with Crippen LogP contribution in [0.5, 0.6) is 17.4 Å². The maximum atomic E-state index is 14.3. The molecule has 2 atom stereocenters. The molecule has 0 spiro atoms. The summed E-state index contributed by atoms with van der Waals surface area (Å²) in [6.07, 6.45) is 9.80. The van der Waals surface area contributed by atoms with Gasteiger partial charge in [-0.1, -0.05) is 63.8 Å². The van der Waals surface area contributed by atoms with Crippen molar-refractivity contribution in [3.8, 4) is 28.5 Å². The monoisotopic (exact) mass is 1380 g/mol. The van der Waals surface area contributed by atoms with Gasteiger partial charge >= 0.3 is 5.97 Å². The van der Waals surface area contributed by atoms with Gasteiger partial charge in [-0.2, -0.15) is 10.2 Å². The Morgan fingerprint density at radius 2 is 1.60 bits per heavy atom. The maximum absolute atomic E-state index is 14.3. The first kappa shape index (κ1) is 74.3. The summed E-state index contributed by atoms with van der Waals surface area (Å²) in [5.74, 6) is -0.940. The maximum Gasteiger partial charge on any atom is 0.328 e. The zero-order valence-corrected chi connectivity index (χ0v) is 59.3. The molecule has 6 amide bonds. The van der Waals surface area contributed by atoms with Gasteiger partial charge in [-0.25, -0.2) is 19.1 Å². The fourth-order valence-corrected chi connectivity index (χ4v) is 12.5. The molecule has 4 aromatic heterocycles. The molecular weight excluding hydrogens is 1290 g/mol. The number of anilines is 1. The van der Waals surface area contributed by atoms with E-state index in [1.165, 1.54) is 35.0 Å². The van der Waals surface area contributed by atoms with Gasteiger partial charge in [-0.05, 0) is 130 Å². The van der Waals surface area contributed by atoms with Crippen molar-refractivity contribution in [2.24, 2.45) is 23.2 Å². The fourth-order valence-electron chi connectivity index (χ4n) is 11.7. The molecule has 3 fully saturated rings. The number of aryl methyl sites for hydroxylation is 2. The lowest BCUT2D eigenvalue weighted by molar-refractivity contribution is -0.150. The van der Waals surface area contributed by atoms with Gasteiger partial charge < -0.3 is 64.6 Å². The predicted octanol–water partition coefficient (Wildman–Crippen LogP) is 6.58. The highest BCUT2D eigenvalue weighted by Gasteiger charge is 2.48. The molecule has 1 saturated heterocycles. The van der Waals surface area contributed by atoms with Crippen molar-refractivity contribution in [3.05, 3.63) is 114 Å². The Hall–Kier alpha value is -8.90. The van der Waals surface area contributed by atoms with Gasteiger partial charge in [0.25, 0.3) is 17.7 Å². The van der Waals surface area contributed by atoms with E-state index in [1.807, 2.05) is 42.8 Å². The van der Waals surface area contributed by atoms with E-state index >= 15 is 0 Å². The van der Waals surface area contributed by atoms with Crippen LogP contribution in [0.2, 0.25) is 25.7 Å². The van der Waals surface area contributed by atoms with E-state index in [1.54, 1.807) is 52.3 Å². The van der Waals surface area contributed by atoms with Gasteiger partial charge in [0.05, 0.1) is 50.5 Å². The molecule has 5 heterocycles. The standard InChI is InChI=1S/C70H96N14O14Si/c1-46-63(47(2)84(78-46)45-94-34-35-99(7,8)9)48-18-21-52(22-19-48)74-68(91)65(64(49-14-15-49)50-16-17-50)76-67(90)58-25-27-73-83(58)30-11-29-80(31-32-85)61(87)41-82-38-53(77-79-82)42-95-44-62(88)81-39-56(40-81)96-33-28-71-59(86)43-97-54-12-10-13-55(36-54)98-60-23-20-51(37-72-60)66(89)75-57(69(92)93-6)24-26-70(3,4)5/h10,12-13,18-23,25,27,36-38,49-50,56-57,64-65,85H,11,14-17,24,26,28-35,39-45H2,1-9H3,(H,71,86)(H,74,91)(H,75,89)(H,76,90)/t57-,65-/m0/s1. The Labute approximate surface area is 578 Å². The van der Waals surface area contributed by atoms with Crippen LogP contribution in [-0.4, -0.2) is 195 Å². The summed E-state index contributed by atoms with van der Waals surface area (Å²) < 4.78 is 38.7. The van der Waals surface area contributed by atoms with Gasteiger partial charge in [-0.3, -0.25) is 33.4 Å². The summed E-state index contributed by atoms with van der Waals surface area (Å²) in [7, 11) is 0.0639. The van der Waals surface area contributed by atoms with Crippen LogP contribution in [0.4, 0.5) is 5.69 Å². The van der Waals surface area contributed by atoms with Crippen LogP contribution < -0.4 is 30.7 Å². The van der Waals surface area contributed by atoms with E-state index in [-0.39, 0.29) is 124 Å². The number of aliphatic hydroxyl groups is 1. The first-order chi connectivity index (χ1) is 47.4. The minimum Gasteiger partial charge on any atom is -0.484 e. The average molecular weight is 1390 g/mol. The van der Waals surface area contributed by atoms with Crippen molar-refractivity contribution in [1.82, 2.24) is 65.3 Å². The lowest BCUT2D eigenvalue weighted by atomic mass is 9.88. The second-order valence-electron chi connectivity index (χ2n) is 28.0. The average Bonchev–Trinajstić information content (AvgIpc) is 1.66. The highest BCUT2D eigenvalue weighted by Crippen LogP contribution is 2.51. The molecule has 28 nitrogen and oxygen atoms in total. The van der Waals surface area contributed by atoms with E-state index in [0.717, 1.165) is 54.2 Å². The molecule has 29 heteroatoms. The number of hydrogen-bond acceptors (Lipinski definition) is 19. The number of ether oxygens (including phenoxy) is 6. The van der Waals surface area contributed by atoms with Crippen molar-refractivity contribution in [2.45, 2.75) is 150 Å². The number of esters is 1. The normalized spacial score (nSPS) is 14.6. The quantitative estimate of drug-likeness (QED) is 0.0155. The fraction of sp³-hybridized carbons (Fsp3) is 0.543. The Kier molecular flexibility index (Phi) is 26.1. The Morgan fingerprint density at radius 3 is 2.28 bits per heavy atom. The Bertz CT molecular complexity index is 3690. The topological polar surface area (TPSA) is 329 Å². The predicted molar refractivity (Wildman–Crippen MR) is 368 cm³/mol. The van der Waals surface area contributed by atoms with Crippen molar-refractivity contribution in [1.29, 1.82) is 0 Å². The second-order valence-corrected chi connectivity index (χ2v) is 33.6. The summed E-state index contributed by atoms with van der Waals surface area (Å²) in [5.41, 5.74) is 5.41. The number of hydrogen-bond donors (Lipinski definition) is 5. The van der Waals surface area contributed by atoms with E-state index < -0.39 is 37.9 Å². The van der Waals surface area contributed by atoms with Gasteiger partial charge in [0.1, 0.15) is 54.9 Å². The number of nitrogens with one attached hydrogen (secondary N) is 4. The third kappa shape index (κ3) is 22.6. The van der Waals surface area contributed by atoms with Crippen LogP contribution in [0.3, 0.4) is 0 Å². The molecular formula is C70H96N14O14Si. The van der Waals surface area contributed by atoms with Crippen LogP contribution in [0.1, 0.15) is 104 Å². The van der Waals surface area contributed by atoms with Crippen molar-refractivity contribution < 1.29 is 67.1 Å². The summed E-state index contributed by atoms with van der Waals surface area (Å²) in [6, 6.07) is 18.6. The number of amides is 6. The summed E-state index contributed by atoms with van der Waals surface area (Å²) in [6.45, 7) is 19.0. The number of benzene rings is 2. The van der Waals surface area contributed by atoms with Crippen LogP contribution >= 0.6 is 0 Å². The third-order valence-electron chi connectivity index (χ3n) is 17.5. The molecule has 6 aromatic rings. The largest absolute Gasteiger partial charge is 0.484 e. The third-order valence-corrected chi connectivity index (χ3v) is 19.2. The number of carbonyl (C=O) groups excluding carboxylic acids is 7. The minimum absolute atomic E-state index is 0.000538. The number of aromatic nitrogens is 8. The number of methoxy groups -OCH3 is 1. The molecule has 3 aliphatic rings. The molecule has 9 rings (SSSR count). The number of aliphatic hydroxyl groups excluding tert-OH is 1. The highest BCUT2D eigenvalue weighted by molar-refractivity contribution is 6.76. The van der Waals surface area contributed by atoms with E-state index in [2.05, 4.69) is 82.1 Å². The number of likely N-dealkylation sites (tertiary alicyclic amines) is 1. The van der Waals surface area contributed by atoms with Gasteiger partial charge in [0.15, 0.2) is 6.61 Å². The summed E-state index contributed by atoms with van der Waals surface area (Å²) in [5, 5.41) is 39.0. The van der Waals surface area contributed by atoms with Gasteiger partial charge in [0, 0.05) is 95.4 Å².